The van der Waals surface area contributed by atoms with Gasteiger partial charge in [-0.1, -0.05) is 0 Å². The Morgan fingerprint density at radius 1 is 1.18 bits per heavy atom. The molecule has 0 N–H and O–H groups in total. The van der Waals surface area contributed by atoms with Gasteiger partial charge in [0.05, 0.1) is 13.2 Å². The van der Waals surface area contributed by atoms with Gasteiger partial charge in [-0.15, -0.1) is 13.2 Å². The molecule has 1 saturated heterocycles. The summed E-state index contributed by atoms with van der Waals surface area (Å²) in [6, 6.07) is 0. The van der Waals surface area contributed by atoms with Gasteiger partial charge < -0.3 is 9.05 Å². The number of rotatable bonds is 1. The van der Waals surface area contributed by atoms with Gasteiger partial charge in [0.2, 0.25) is 0 Å². The van der Waals surface area contributed by atoms with E-state index in [1.807, 2.05) is 0 Å². The van der Waals surface area contributed by atoms with Gasteiger partial charge >= 0.3 is 15.0 Å². The zero-order valence-electron chi connectivity index (χ0n) is 5.43. The summed E-state index contributed by atoms with van der Waals surface area (Å²) in [4.78, 5) is 0. The Balaban J connectivity index is 2.24. The van der Waals surface area contributed by atoms with E-state index in [1.165, 1.54) is 0 Å². The van der Waals surface area contributed by atoms with Gasteiger partial charge in [0, 0.05) is 0 Å². The Bertz CT molecular complexity index is 122. The largest absolute Gasteiger partial charge is 0.529 e. The van der Waals surface area contributed by atoms with E-state index in [9.17, 15) is 13.2 Å². The van der Waals surface area contributed by atoms with Crippen LogP contribution in [0.2, 0.25) is 0 Å². The lowest BCUT2D eigenvalue weighted by molar-refractivity contribution is -0.280. The van der Waals surface area contributed by atoms with Crippen molar-refractivity contribution in [2.75, 3.05) is 13.2 Å². The number of halogens is 3. The van der Waals surface area contributed by atoms with E-state index in [4.69, 9.17) is 0 Å². The van der Waals surface area contributed by atoms with E-state index < -0.39 is 15.0 Å². The van der Waals surface area contributed by atoms with Crippen LogP contribution in [0.5, 0.6) is 0 Å². The highest BCUT2D eigenvalue weighted by Gasteiger charge is 2.36. The van der Waals surface area contributed by atoms with Gasteiger partial charge in [-0.25, -0.2) is 4.52 Å². The Morgan fingerprint density at radius 2 is 1.73 bits per heavy atom. The number of alkyl halides is 3. The molecule has 0 radical (unpaired) electrons. The molecule has 7 heteroatoms. The van der Waals surface area contributed by atoms with Crippen LogP contribution in [0, 0.1) is 0 Å². The summed E-state index contributed by atoms with van der Waals surface area (Å²) >= 11 is 0. The van der Waals surface area contributed by atoms with Gasteiger partial charge in [0.25, 0.3) is 0 Å². The van der Waals surface area contributed by atoms with E-state index in [0.717, 1.165) is 0 Å². The monoisotopic (exact) mass is 190 g/mol. The normalized spacial score (nSPS) is 22.1. The second-order valence-electron chi connectivity index (χ2n) is 1.78. The van der Waals surface area contributed by atoms with Gasteiger partial charge in [0.1, 0.15) is 0 Å². The lowest BCUT2D eigenvalue weighted by Gasteiger charge is -2.21. The van der Waals surface area contributed by atoms with Crippen LogP contribution < -0.4 is 0 Å². The van der Waals surface area contributed by atoms with Crippen LogP contribution in [-0.4, -0.2) is 19.6 Å². The Morgan fingerprint density at radius 3 is 2.18 bits per heavy atom. The minimum Gasteiger partial charge on any atom is -0.312 e. The third-order valence-corrected chi connectivity index (χ3v) is 2.00. The van der Waals surface area contributed by atoms with Crippen LogP contribution in [-0.2, 0) is 13.6 Å². The topological polar surface area (TPSA) is 27.7 Å². The molecule has 1 aliphatic rings. The molecule has 0 unspecified atom stereocenters. The first-order chi connectivity index (χ1) is 5.08. The van der Waals surface area contributed by atoms with E-state index in [2.05, 4.69) is 13.6 Å². The molecular formula is C4H6F3O3P. The average Bonchev–Trinajstić information content (AvgIpc) is 1.85. The summed E-state index contributed by atoms with van der Waals surface area (Å²) in [6.45, 7) is 0.531. The van der Waals surface area contributed by atoms with Crippen molar-refractivity contribution in [1.82, 2.24) is 0 Å². The molecule has 0 amide bonds. The fourth-order valence-electron chi connectivity index (χ4n) is 0.512. The summed E-state index contributed by atoms with van der Waals surface area (Å²) in [5, 5.41) is 0. The first-order valence-electron chi connectivity index (χ1n) is 2.90. The highest BCUT2D eigenvalue weighted by molar-refractivity contribution is 7.41. The molecular weight excluding hydrogens is 184 g/mol. The third kappa shape index (κ3) is 3.86. The fraction of sp³-hybridized carbons (Fsp3) is 1.00. The van der Waals surface area contributed by atoms with E-state index in [-0.39, 0.29) is 13.2 Å². The van der Waals surface area contributed by atoms with E-state index in [1.54, 1.807) is 0 Å². The minimum atomic E-state index is -4.66. The maximum atomic E-state index is 11.5. The van der Waals surface area contributed by atoms with Crippen molar-refractivity contribution < 1.29 is 26.7 Å². The molecule has 1 fully saturated rings. The summed E-state index contributed by atoms with van der Waals surface area (Å²) in [6.07, 6.45) is -4.05. The molecule has 0 aromatic heterocycles. The van der Waals surface area contributed by atoms with E-state index >= 15 is 0 Å². The molecule has 0 spiro atoms. The minimum absolute atomic E-state index is 0.266. The molecule has 3 nitrogen and oxygen atoms in total. The third-order valence-electron chi connectivity index (χ3n) is 0.860. The summed E-state index contributed by atoms with van der Waals surface area (Å²) < 4.78 is 47.0. The van der Waals surface area contributed by atoms with Gasteiger partial charge in [0.15, 0.2) is 0 Å². The maximum absolute atomic E-state index is 11.5. The highest BCUT2D eigenvalue weighted by Crippen LogP contribution is 2.47. The molecule has 0 aliphatic carbocycles. The smallest absolute Gasteiger partial charge is 0.312 e. The van der Waals surface area contributed by atoms with Crippen molar-refractivity contribution in [3.63, 3.8) is 0 Å². The standard InChI is InChI=1S/C4H6F3O3P/c5-4(6,7)10-11-8-2-1-3-9-11/h1-3H2. The van der Waals surface area contributed by atoms with Crippen LogP contribution in [0.15, 0.2) is 0 Å². The first kappa shape index (κ1) is 9.19. The van der Waals surface area contributed by atoms with Crippen molar-refractivity contribution in [2.24, 2.45) is 0 Å². The highest BCUT2D eigenvalue weighted by atomic mass is 31.2. The Kier molecular flexibility index (Phi) is 3.06. The second-order valence-corrected chi connectivity index (χ2v) is 2.93. The van der Waals surface area contributed by atoms with Crippen molar-refractivity contribution in [3.05, 3.63) is 0 Å². The Labute approximate surface area is 62.4 Å². The molecule has 1 aliphatic heterocycles. The van der Waals surface area contributed by atoms with Crippen molar-refractivity contribution in [2.45, 2.75) is 12.8 Å². The summed E-state index contributed by atoms with van der Waals surface area (Å²) in [7, 11) is -2.18. The molecule has 0 saturated carbocycles. The molecule has 0 aromatic rings. The predicted octanol–water partition coefficient (Wildman–Crippen LogP) is 2.19. The zero-order chi connectivity index (χ0) is 8.32. The van der Waals surface area contributed by atoms with Crippen molar-refractivity contribution >= 4 is 8.60 Å². The molecule has 1 heterocycles. The van der Waals surface area contributed by atoms with Gasteiger partial charge in [-0.05, 0) is 6.42 Å². The first-order valence-corrected chi connectivity index (χ1v) is 3.99. The van der Waals surface area contributed by atoms with Gasteiger partial charge in [-0.2, -0.15) is 0 Å². The lowest BCUT2D eigenvalue weighted by atomic mass is 10.5. The molecule has 1 rings (SSSR count). The predicted molar refractivity (Wildman–Crippen MR) is 30.6 cm³/mol. The fourth-order valence-corrected chi connectivity index (χ4v) is 1.42. The zero-order valence-corrected chi connectivity index (χ0v) is 6.32. The lowest BCUT2D eigenvalue weighted by Crippen LogP contribution is -2.15. The molecule has 0 aromatic carbocycles. The quantitative estimate of drug-likeness (QED) is 0.593. The van der Waals surface area contributed by atoms with Crippen LogP contribution in [0.25, 0.3) is 0 Å². The van der Waals surface area contributed by atoms with E-state index in [0.29, 0.717) is 6.42 Å². The number of hydrogen-bond acceptors (Lipinski definition) is 3. The summed E-state index contributed by atoms with van der Waals surface area (Å²) in [5.41, 5.74) is 0. The molecule has 66 valence electrons. The molecule has 11 heavy (non-hydrogen) atoms. The molecule has 0 atom stereocenters. The SMILES string of the molecule is FC(F)(F)OP1OCCCO1. The van der Waals surface area contributed by atoms with Crippen molar-refractivity contribution in [1.29, 1.82) is 0 Å². The van der Waals surface area contributed by atoms with Crippen molar-refractivity contribution in [3.8, 4) is 0 Å². The maximum Gasteiger partial charge on any atom is 0.529 e. The van der Waals surface area contributed by atoms with Crippen LogP contribution >= 0.6 is 8.60 Å². The Hall–Kier alpha value is 0.100. The second kappa shape index (κ2) is 3.67. The van der Waals surface area contributed by atoms with Crippen LogP contribution in [0.4, 0.5) is 13.2 Å². The average molecular weight is 190 g/mol. The summed E-state index contributed by atoms with van der Waals surface area (Å²) in [5.74, 6) is 0. The molecule has 0 bridgehead atoms. The van der Waals surface area contributed by atoms with Crippen LogP contribution in [0.3, 0.4) is 0 Å². The number of hydrogen-bond donors (Lipinski definition) is 0. The van der Waals surface area contributed by atoms with Crippen LogP contribution in [0.1, 0.15) is 6.42 Å². The van der Waals surface area contributed by atoms with Gasteiger partial charge in [-0.3, -0.25) is 0 Å².